The van der Waals surface area contributed by atoms with Gasteiger partial charge in [0.15, 0.2) is 0 Å². The molecule has 2 aromatic carbocycles. The van der Waals surface area contributed by atoms with E-state index in [0.717, 1.165) is 12.1 Å². The van der Waals surface area contributed by atoms with Crippen molar-refractivity contribution in [2.24, 2.45) is 5.14 Å². The zero-order valence-electron chi connectivity index (χ0n) is 17.3. The maximum Gasteiger partial charge on any atom is 0.416 e. The van der Waals surface area contributed by atoms with Gasteiger partial charge in [0.05, 0.1) is 23.0 Å². The van der Waals surface area contributed by atoms with E-state index >= 15 is 0 Å². The number of rotatable bonds is 4. The molecule has 1 aliphatic rings. The maximum atomic E-state index is 12.7. The predicted molar refractivity (Wildman–Crippen MR) is 114 cm³/mol. The highest BCUT2D eigenvalue weighted by atomic mass is 32.2. The van der Waals surface area contributed by atoms with E-state index in [0.29, 0.717) is 37.0 Å². The van der Waals surface area contributed by atoms with Crippen molar-refractivity contribution in [2.45, 2.75) is 36.4 Å². The SMILES string of the molecule is NS(=O)(=O)c1cccc2[nH]c(=O)n(C3CCN(C(=O)Cc4ccc(C(F)(F)F)cc4)CC3)c12. The van der Waals surface area contributed by atoms with Crippen molar-refractivity contribution < 1.29 is 26.4 Å². The monoisotopic (exact) mass is 482 g/mol. The molecule has 0 unspecified atom stereocenters. The molecule has 1 aliphatic heterocycles. The van der Waals surface area contributed by atoms with Crippen LogP contribution in [0.4, 0.5) is 13.2 Å². The second kappa shape index (κ2) is 8.34. The van der Waals surface area contributed by atoms with Crippen molar-refractivity contribution in [3.8, 4) is 0 Å². The Bertz CT molecular complexity index is 1350. The Morgan fingerprint density at radius 1 is 1.09 bits per heavy atom. The zero-order chi connectivity index (χ0) is 24.0. The zero-order valence-corrected chi connectivity index (χ0v) is 18.1. The minimum absolute atomic E-state index is 0.0363. The van der Waals surface area contributed by atoms with Crippen LogP contribution in [0.1, 0.15) is 30.0 Å². The quantitative estimate of drug-likeness (QED) is 0.594. The summed E-state index contributed by atoms with van der Waals surface area (Å²) >= 11 is 0. The van der Waals surface area contributed by atoms with Crippen molar-refractivity contribution in [1.82, 2.24) is 14.5 Å². The van der Waals surface area contributed by atoms with Crippen molar-refractivity contribution >= 4 is 27.0 Å². The molecule has 4 rings (SSSR count). The fourth-order valence-electron chi connectivity index (χ4n) is 4.20. The number of imidazole rings is 1. The number of primary sulfonamides is 1. The molecule has 1 aromatic heterocycles. The van der Waals surface area contributed by atoms with Crippen LogP contribution in [0.3, 0.4) is 0 Å². The van der Waals surface area contributed by atoms with Gasteiger partial charge in [-0.1, -0.05) is 18.2 Å². The standard InChI is InChI=1S/C21H21F3N4O4S/c22-21(23,24)14-6-4-13(5-7-14)12-18(29)27-10-8-15(9-11-27)28-19-16(26-20(28)30)2-1-3-17(19)33(25,31)32/h1-7,15H,8-12H2,(H,26,30)(H2,25,31,32). The summed E-state index contributed by atoms with van der Waals surface area (Å²) < 4.78 is 63.5. The Labute approximate surface area is 186 Å². The fourth-order valence-corrected chi connectivity index (χ4v) is 4.94. The van der Waals surface area contributed by atoms with E-state index in [9.17, 15) is 31.2 Å². The maximum absolute atomic E-state index is 12.7. The molecular formula is C21H21F3N4O4S. The first-order chi connectivity index (χ1) is 15.4. The number of halogens is 3. The van der Waals surface area contributed by atoms with E-state index in [4.69, 9.17) is 5.14 Å². The number of sulfonamides is 1. The first kappa shape index (κ1) is 23.1. The third-order valence-electron chi connectivity index (χ3n) is 5.83. The molecule has 0 aliphatic carbocycles. The Balaban J connectivity index is 1.48. The number of amides is 1. The molecule has 0 bridgehead atoms. The number of aromatic nitrogens is 2. The number of nitrogens with one attached hydrogen (secondary N) is 1. The molecule has 1 amide bonds. The number of benzene rings is 2. The highest BCUT2D eigenvalue weighted by Crippen LogP contribution is 2.30. The number of hydrogen-bond donors (Lipinski definition) is 2. The van der Waals surface area contributed by atoms with E-state index in [1.165, 1.54) is 28.8 Å². The molecule has 33 heavy (non-hydrogen) atoms. The number of H-pyrrole nitrogens is 1. The topological polar surface area (TPSA) is 118 Å². The van der Waals surface area contributed by atoms with Crippen molar-refractivity contribution in [3.05, 3.63) is 64.1 Å². The van der Waals surface area contributed by atoms with Crippen LogP contribution < -0.4 is 10.8 Å². The van der Waals surface area contributed by atoms with Gasteiger partial charge in [-0.25, -0.2) is 18.4 Å². The normalized spacial score (nSPS) is 15.8. The number of hydrogen-bond acceptors (Lipinski definition) is 4. The van der Waals surface area contributed by atoms with Crippen LogP contribution in [0.15, 0.2) is 52.2 Å². The third kappa shape index (κ3) is 4.67. The smallest absolute Gasteiger partial charge is 0.342 e. The van der Waals surface area contributed by atoms with Gasteiger partial charge < -0.3 is 9.88 Å². The van der Waals surface area contributed by atoms with Crippen LogP contribution in [-0.2, 0) is 27.4 Å². The molecule has 12 heteroatoms. The number of carbonyl (C=O) groups is 1. The predicted octanol–water partition coefficient (Wildman–Crippen LogP) is 2.40. The van der Waals surface area contributed by atoms with Crippen molar-refractivity contribution in [3.63, 3.8) is 0 Å². The molecule has 0 radical (unpaired) electrons. The Morgan fingerprint density at radius 3 is 2.30 bits per heavy atom. The van der Waals surface area contributed by atoms with Gasteiger partial charge >= 0.3 is 11.9 Å². The molecule has 0 atom stereocenters. The van der Waals surface area contributed by atoms with Crippen molar-refractivity contribution in [1.29, 1.82) is 0 Å². The first-order valence-electron chi connectivity index (χ1n) is 10.1. The van der Waals surface area contributed by atoms with E-state index in [1.807, 2.05) is 0 Å². The molecule has 1 fully saturated rings. The summed E-state index contributed by atoms with van der Waals surface area (Å²) in [6.07, 6.45) is -3.66. The fraction of sp³-hybridized carbons (Fsp3) is 0.333. The Hall–Kier alpha value is -3.12. The second-order valence-corrected chi connectivity index (χ2v) is 9.51. The number of piperidine rings is 1. The summed E-state index contributed by atoms with van der Waals surface area (Å²) in [7, 11) is -4.06. The van der Waals surface area contributed by atoms with Crippen LogP contribution in [0.25, 0.3) is 11.0 Å². The molecule has 2 heterocycles. The van der Waals surface area contributed by atoms with Crippen LogP contribution in [0, 0.1) is 0 Å². The lowest BCUT2D eigenvalue weighted by Gasteiger charge is -2.32. The summed E-state index contributed by atoms with van der Waals surface area (Å²) in [6.45, 7) is 0.640. The van der Waals surface area contributed by atoms with Crippen LogP contribution >= 0.6 is 0 Å². The number of nitrogens with two attached hydrogens (primary N) is 1. The number of carbonyl (C=O) groups excluding carboxylic acids is 1. The van der Waals surface area contributed by atoms with Gasteiger partial charge in [-0.05, 0) is 42.7 Å². The first-order valence-corrected chi connectivity index (χ1v) is 11.7. The largest absolute Gasteiger partial charge is 0.416 e. The average molecular weight is 482 g/mol. The number of para-hydroxylation sites is 1. The molecular weight excluding hydrogens is 461 g/mol. The highest BCUT2D eigenvalue weighted by Gasteiger charge is 2.31. The van der Waals surface area contributed by atoms with Gasteiger partial charge in [0.25, 0.3) is 0 Å². The van der Waals surface area contributed by atoms with Crippen molar-refractivity contribution in [2.75, 3.05) is 13.1 Å². The number of alkyl halides is 3. The molecule has 8 nitrogen and oxygen atoms in total. The van der Waals surface area contributed by atoms with Gasteiger partial charge in [-0.2, -0.15) is 13.2 Å². The molecule has 3 aromatic rings. The molecule has 0 saturated carbocycles. The molecule has 176 valence electrons. The van der Waals surface area contributed by atoms with Gasteiger partial charge in [0.1, 0.15) is 4.90 Å². The van der Waals surface area contributed by atoms with E-state index in [2.05, 4.69) is 4.98 Å². The molecule has 0 spiro atoms. The van der Waals surface area contributed by atoms with Crippen LogP contribution in [0.2, 0.25) is 0 Å². The lowest BCUT2D eigenvalue weighted by molar-refractivity contribution is -0.137. The van der Waals surface area contributed by atoms with Crippen LogP contribution in [0.5, 0.6) is 0 Å². The molecule has 1 saturated heterocycles. The lowest BCUT2D eigenvalue weighted by atomic mass is 10.0. The number of likely N-dealkylation sites (tertiary alicyclic amines) is 1. The minimum atomic E-state index is -4.44. The summed E-state index contributed by atoms with van der Waals surface area (Å²) in [5.74, 6) is -0.232. The van der Waals surface area contributed by atoms with E-state index in [-0.39, 0.29) is 28.8 Å². The summed E-state index contributed by atoms with van der Waals surface area (Å²) in [5.41, 5.74) is -0.203. The average Bonchev–Trinajstić information content (AvgIpc) is 3.08. The number of fused-ring (bicyclic) bond motifs is 1. The third-order valence-corrected chi connectivity index (χ3v) is 6.77. The van der Waals surface area contributed by atoms with Gasteiger partial charge in [0, 0.05) is 19.1 Å². The highest BCUT2D eigenvalue weighted by molar-refractivity contribution is 7.89. The van der Waals surface area contributed by atoms with Gasteiger partial charge in [-0.3, -0.25) is 9.36 Å². The minimum Gasteiger partial charge on any atom is -0.342 e. The lowest BCUT2D eigenvalue weighted by Crippen LogP contribution is -2.41. The number of nitrogens with zero attached hydrogens (tertiary/aromatic N) is 2. The molecule has 3 N–H and O–H groups in total. The summed E-state index contributed by atoms with van der Waals surface area (Å²) in [4.78, 5) is 29.3. The second-order valence-electron chi connectivity index (χ2n) is 7.98. The van der Waals surface area contributed by atoms with E-state index in [1.54, 1.807) is 11.0 Å². The Morgan fingerprint density at radius 2 is 1.73 bits per heavy atom. The van der Waals surface area contributed by atoms with E-state index < -0.39 is 27.5 Å². The summed E-state index contributed by atoms with van der Waals surface area (Å²) in [5, 5.41) is 5.33. The number of aromatic amines is 1. The van der Waals surface area contributed by atoms with Gasteiger partial charge in [-0.15, -0.1) is 0 Å². The van der Waals surface area contributed by atoms with Crippen LogP contribution in [-0.4, -0.2) is 41.9 Å². The summed E-state index contributed by atoms with van der Waals surface area (Å²) in [6, 6.07) is 8.54. The Kier molecular flexibility index (Phi) is 5.83. The van der Waals surface area contributed by atoms with Gasteiger partial charge in [0.2, 0.25) is 15.9 Å².